The van der Waals surface area contributed by atoms with Crippen molar-refractivity contribution in [2.75, 3.05) is 19.3 Å². The zero-order valence-electron chi connectivity index (χ0n) is 11.9. The molecule has 1 aliphatic rings. The molecule has 0 saturated heterocycles. The summed E-state index contributed by atoms with van der Waals surface area (Å²) in [6.07, 6.45) is 1.03. The van der Waals surface area contributed by atoms with Crippen LogP contribution in [0.1, 0.15) is 20.7 Å². The predicted molar refractivity (Wildman–Crippen MR) is 82.2 cm³/mol. The lowest BCUT2D eigenvalue weighted by atomic mass is 10.0. The number of carbonyl (C=O) groups is 2. The third-order valence-corrected chi connectivity index (χ3v) is 4.27. The molecule has 0 unspecified atom stereocenters. The summed E-state index contributed by atoms with van der Waals surface area (Å²) in [7, 11) is -3.35. The summed E-state index contributed by atoms with van der Waals surface area (Å²) in [5.74, 6) is -0.776. The van der Waals surface area contributed by atoms with E-state index in [1.165, 1.54) is 0 Å². The zero-order valence-corrected chi connectivity index (χ0v) is 12.7. The molecule has 2 aromatic rings. The summed E-state index contributed by atoms with van der Waals surface area (Å²) in [5, 5.41) is 1.78. The maximum absolute atomic E-state index is 12.3. The number of nitrogens with one attached hydrogen (secondary N) is 1. The van der Waals surface area contributed by atoms with Crippen molar-refractivity contribution >= 4 is 32.6 Å². The molecular weight excluding hydrogens is 304 g/mol. The highest BCUT2D eigenvalue weighted by atomic mass is 32.2. The highest BCUT2D eigenvalue weighted by Gasteiger charge is 2.35. The van der Waals surface area contributed by atoms with Gasteiger partial charge in [-0.1, -0.05) is 24.3 Å². The van der Waals surface area contributed by atoms with Crippen molar-refractivity contribution in [2.24, 2.45) is 0 Å². The number of fused-ring (bicyclic) bond motifs is 2. The average molecular weight is 318 g/mol. The Labute approximate surface area is 127 Å². The van der Waals surface area contributed by atoms with Crippen LogP contribution in [0.4, 0.5) is 0 Å². The number of hydrogen-bond acceptors (Lipinski definition) is 4. The normalized spacial score (nSPS) is 14.7. The first-order chi connectivity index (χ1) is 10.4. The number of nitrogens with zero attached hydrogens (tertiary/aromatic N) is 1. The smallest absolute Gasteiger partial charge is 0.261 e. The molecule has 0 spiro atoms. The van der Waals surface area contributed by atoms with Crippen molar-refractivity contribution in [3.8, 4) is 0 Å². The predicted octanol–water partition coefficient (Wildman–Crippen LogP) is 0.985. The summed E-state index contributed by atoms with van der Waals surface area (Å²) in [6.45, 7) is 0.0135. The van der Waals surface area contributed by atoms with Crippen LogP contribution in [0.25, 0.3) is 10.8 Å². The fraction of sp³-hybridized carbons (Fsp3) is 0.200. The van der Waals surface area contributed by atoms with Gasteiger partial charge in [-0.3, -0.25) is 14.5 Å². The fourth-order valence-electron chi connectivity index (χ4n) is 2.52. The molecule has 2 aromatic carbocycles. The first-order valence-corrected chi connectivity index (χ1v) is 8.59. The van der Waals surface area contributed by atoms with Gasteiger partial charge in [-0.15, -0.1) is 0 Å². The van der Waals surface area contributed by atoms with Crippen LogP contribution in [0.3, 0.4) is 0 Å². The van der Waals surface area contributed by atoms with Gasteiger partial charge in [-0.25, -0.2) is 13.1 Å². The van der Waals surface area contributed by atoms with Gasteiger partial charge < -0.3 is 0 Å². The average Bonchev–Trinajstić information content (AvgIpc) is 2.69. The maximum Gasteiger partial charge on any atom is 0.261 e. The van der Waals surface area contributed by atoms with Crippen LogP contribution in [-0.4, -0.2) is 44.5 Å². The maximum atomic E-state index is 12.3. The van der Waals surface area contributed by atoms with Crippen molar-refractivity contribution in [2.45, 2.75) is 0 Å². The van der Waals surface area contributed by atoms with Gasteiger partial charge in [0.2, 0.25) is 10.0 Å². The van der Waals surface area contributed by atoms with Crippen molar-refractivity contribution in [1.29, 1.82) is 0 Å². The molecule has 3 rings (SSSR count). The van der Waals surface area contributed by atoms with E-state index in [2.05, 4.69) is 4.72 Å². The number of sulfonamides is 1. The minimum atomic E-state index is -3.35. The van der Waals surface area contributed by atoms with Gasteiger partial charge in [0.05, 0.1) is 17.4 Å². The van der Waals surface area contributed by atoms with Crippen LogP contribution in [0, 0.1) is 0 Å². The molecule has 2 amide bonds. The molecule has 0 aliphatic carbocycles. The number of carbonyl (C=O) groups excluding carboxylic acids is 2. The van der Waals surface area contributed by atoms with Crippen molar-refractivity contribution in [3.05, 3.63) is 47.5 Å². The standard InChI is InChI=1S/C15H14N2O4S/c1-22(20,21)16-6-7-17-14(18)12-8-10-4-2-3-5-11(10)9-13(12)15(17)19/h2-5,8-9,16H,6-7H2,1H3. The Morgan fingerprint density at radius 1 is 1.00 bits per heavy atom. The van der Waals surface area contributed by atoms with E-state index in [0.29, 0.717) is 11.1 Å². The van der Waals surface area contributed by atoms with Crippen molar-refractivity contribution in [3.63, 3.8) is 0 Å². The summed E-state index contributed by atoms with van der Waals surface area (Å²) in [5.41, 5.74) is 0.728. The minimum absolute atomic E-state index is 0.00379. The molecule has 22 heavy (non-hydrogen) atoms. The highest BCUT2D eigenvalue weighted by Crippen LogP contribution is 2.27. The number of rotatable bonds is 4. The monoisotopic (exact) mass is 318 g/mol. The summed E-state index contributed by atoms with van der Waals surface area (Å²) in [6, 6.07) is 10.9. The molecule has 1 aliphatic heterocycles. The first kappa shape index (κ1) is 14.7. The molecule has 0 bridgehead atoms. The summed E-state index contributed by atoms with van der Waals surface area (Å²) in [4.78, 5) is 25.7. The second-order valence-corrected chi connectivity index (χ2v) is 7.01. The number of imide groups is 1. The highest BCUT2D eigenvalue weighted by molar-refractivity contribution is 7.88. The van der Waals surface area contributed by atoms with Gasteiger partial charge in [-0.05, 0) is 22.9 Å². The van der Waals surface area contributed by atoms with E-state index >= 15 is 0 Å². The molecule has 1 heterocycles. The minimum Gasteiger partial charge on any atom is -0.273 e. The molecule has 0 fully saturated rings. The molecule has 0 radical (unpaired) electrons. The van der Waals surface area contributed by atoms with Gasteiger partial charge in [0.1, 0.15) is 0 Å². The number of hydrogen-bond donors (Lipinski definition) is 1. The van der Waals surface area contributed by atoms with E-state index in [4.69, 9.17) is 0 Å². The first-order valence-electron chi connectivity index (χ1n) is 6.70. The number of amides is 2. The lowest BCUT2D eigenvalue weighted by Crippen LogP contribution is -2.37. The van der Waals surface area contributed by atoms with Crippen LogP contribution in [0.15, 0.2) is 36.4 Å². The Bertz CT molecular complexity index is 835. The van der Waals surface area contributed by atoms with Crippen molar-refractivity contribution < 1.29 is 18.0 Å². The molecule has 6 nitrogen and oxygen atoms in total. The topological polar surface area (TPSA) is 83.6 Å². The third kappa shape index (κ3) is 2.60. The third-order valence-electron chi connectivity index (χ3n) is 3.54. The van der Waals surface area contributed by atoms with E-state index in [-0.39, 0.29) is 24.9 Å². The van der Waals surface area contributed by atoms with Gasteiger partial charge in [0.15, 0.2) is 0 Å². The quantitative estimate of drug-likeness (QED) is 0.852. The zero-order chi connectivity index (χ0) is 15.9. The molecular formula is C15H14N2O4S. The van der Waals surface area contributed by atoms with Crippen LogP contribution in [0.5, 0.6) is 0 Å². The van der Waals surface area contributed by atoms with E-state index in [1.54, 1.807) is 12.1 Å². The lowest BCUT2D eigenvalue weighted by Gasteiger charge is -2.13. The van der Waals surface area contributed by atoms with E-state index in [9.17, 15) is 18.0 Å². The van der Waals surface area contributed by atoms with Crippen LogP contribution in [-0.2, 0) is 10.0 Å². The molecule has 7 heteroatoms. The van der Waals surface area contributed by atoms with Crippen LogP contribution < -0.4 is 4.72 Å². The molecule has 0 atom stereocenters. The van der Waals surface area contributed by atoms with Gasteiger partial charge in [0, 0.05) is 13.1 Å². The SMILES string of the molecule is CS(=O)(=O)NCCN1C(=O)c2cc3ccccc3cc2C1=O. The Kier molecular flexibility index (Phi) is 3.46. The Morgan fingerprint density at radius 2 is 1.50 bits per heavy atom. The Morgan fingerprint density at radius 3 is 1.95 bits per heavy atom. The number of benzene rings is 2. The van der Waals surface area contributed by atoms with Gasteiger partial charge in [-0.2, -0.15) is 0 Å². The fourth-order valence-corrected chi connectivity index (χ4v) is 2.99. The molecule has 1 N–H and O–H groups in total. The Balaban J connectivity index is 1.89. The second kappa shape index (κ2) is 5.19. The van der Waals surface area contributed by atoms with Crippen LogP contribution in [0.2, 0.25) is 0 Å². The molecule has 0 saturated carbocycles. The van der Waals surface area contributed by atoms with Gasteiger partial charge in [0.25, 0.3) is 11.8 Å². The van der Waals surface area contributed by atoms with E-state index in [1.807, 2.05) is 24.3 Å². The van der Waals surface area contributed by atoms with Crippen molar-refractivity contribution in [1.82, 2.24) is 9.62 Å². The molecule has 114 valence electrons. The van der Waals surface area contributed by atoms with Gasteiger partial charge >= 0.3 is 0 Å². The Hall–Kier alpha value is -2.25. The van der Waals surface area contributed by atoms with E-state index in [0.717, 1.165) is 21.9 Å². The summed E-state index contributed by atoms with van der Waals surface area (Å²) < 4.78 is 24.4. The summed E-state index contributed by atoms with van der Waals surface area (Å²) >= 11 is 0. The largest absolute Gasteiger partial charge is 0.273 e. The second-order valence-electron chi connectivity index (χ2n) is 5.17. The van der Waals surface area contributed by atoms with Crippen LogP contribution >= 0.6 is 0 Å². The van der Waals surface area contributed by atoms with E-state index < -0.39 is 10.0 Å². The lowest BCUT2D eigenvalue weighted by molar-refractivity contribution is 0.0657. The molecule has 0 aromatic heterocycles.